The number of carbonyl (C=O) groups excluding carboxylic acids is 1. The summed E-state index contributed by atoms with van der Waals surface area (Å²) in [6.45, 7) is 1.41. The number of hydrogen-bond donors (Lipinski definition) is 3. The van der Waals surface area contributed by atoms with Crippen molar-refractivity contribution in [3.05, 3.63) is 6.07 Å². The van der Waals surface area contributed by atoms with Crippen LogP contribution in [0, 0.1) is 0 Å². The lowest BCUT2D eigenvalue weighted by Gasteiger charge is -2.18. The lowest BCUT2D eigenvalue weighted by atomic mass is 10.3. The third kappa shape index (κ3) is 2.70. The summed E-state index contributed by atoms with van der Waals surface area (Å²) in [5.41, 5.74) is 11.2. The average Bonchev–Trinajstić information content (AvgIpc) is 2.76. The molecule has 1 unspecified atom stereocenters. The van der Waals surface area contributed by atoms with Gasteiger partial charge in [0.25, 0.3) is 0 Å². The largest absolute Gasteiger partial charge is 0.453 e. The summed E-state index contributed by atoms with van der Waals surface area (Å²) >= 11 is 0. The van der Waals surface area contributed by atoms with E-state index in [4.69, 9.17) is 11.5 Å². The van der Waals surface area contributed by atoms with Gasteiger partial charge in [-0.15, -0.1) is 0 Å². The van der Waals surface area contributed by atoms with Crippen LogP contribution in [0.5, 0.6) is 0 Å². The van der Waals surface area contributed by atoms with Crippen LogP contribution in [-0.4, -0.2) is 42.3 Å². The molecule has 0 spiro atoms. The van der Waals surface area contributed by atoms with Crippen molar-refractivity contribution in [2.24, 2.45) is 0 Å². The number of anilines is 3. The van der Waals surface area contributed by atoms with Crippen LogP contribution in [0.4, 0.5) is 22.4 Å². The Morgan fingerprint density at radius 3 is 3.00 bits per heavy atom. The Morgan fingerprint density at radius 2 is 2.33 bits per heavy atom. The highest BCUT2D eigenvalue weighted by atomic mass is 16.5. The van der Waals surface area contributed by atoms with Crippen LogP contribution >= 0.6 is 0 Å². The Hall–Kier alpha value is -2.25. The summed E-state index contributed by atoms with van der Waals surface area (Å²) in [5.74, 6) is 1.16. The molecule has 2 heterocycles. The summed E-state index contributed by atoms with van der Waals surface area (Å²) in [6, 6.07) is 1.70. The number of rotatable bonds is 2. The highest BCUT2D eigenvalue weighted by molar-refractivity contribution is 5.67. The second-order valence-corrected chi connectivity index (χ2v) is 4.08. The molecule has 8 nitrogen and oxygen atoms in total. The zero-order valence-corrected chi connectivity index (χ0v) is 10.1. The van der Waals surface area contributed by atoms with Crippen LogP contribution in [0.15, 0.2) is 6.07 Å². The highest BCUT2D eigenvalue weighted by Gasteiger charge is 2.25. The van der Waals surface area contributed by atoms with E-state index in [1.807, 2.05) is 4.90 Å². The first kappa shape index (κ1) is 12.2. The first-order valence-corrected chi connectivity index (χ1v) is 5.58. The molecule has 0 radical (unpaired) electrons. The van der Waals surface area contributed by atoms with E-state index in [1.54, 1.807) is 6.07 Å². The molecule has 2 rings (SSSR count). The molecule has 0 aliphatic carbocycles. The minimum Gasteiger partial charge on any atom is -0.453 e. The smallest absolute Gasteiger partial charge is 0.407 e. The highest BCUT2D eigenvalue weighted by Crippen LogP contribution is 2.20. The van der Waals surface area contributed by atoms with Gasteiger partial charge < -0.3 is 26.4 Å². The van der Waals surface area contributed by atoms with Crippen molar-refractivity contribution in [2.45, 2.75) is 12.5 Å². The number of nitrogens with one attached hydrogen (secondary N) is 1. The van der Waals surface area contributed by atoms with Crippen molar-refractivity contribution >= 4 is 23.7 Å². The Kier molecular flexibility index (Phi) is 3.35. The standard InChI is InChI=1S/C10H16N6O2/c1-18-10(17)13-6-2-3-16(5-6)8-4-7(11)14-9(12)15-8/h4,6H,2-3,5H2,1H3,(H,13,17)(H4,11,12,14,15). The van der Waals surface area contributed by atoms with Crippen LogP contribution < -0.4 is 21.7 Å². The van der Waals surface area contributed by atoms with E-state index in [-0.39, 0.29) is 12.0 Å². The fraction of sp³-hybridized carbons (Fsp3) is 0.500. The van der Waals surface area contributed by atoms with Gasteiger partial charge in [0.15, 0.2) is 0 Å². The Bertz CT molecular complexity index is 432. The molecule has 1 aromatic rings. The molecule has 0 bridgehead atoms. The van der Waals surface area contributed by atoms with Gasteiger partial charge in [0.1, 0.15) is 11.6 Å². The number of carbonyl (C=O) groups is 1. The Morgan fingerprint density at radius 1 is 1.56 bits per heavy atom. The molecule has 5 N–H and O–H groups in total. The topological polar surface area (TPSA) is 119 Å². The van der Waals surface area contributed by atoms with Crippen molar-refractivity contribution in [1.82, 2.24) is 15.3 Å². The van der Waals surface area contributed by atoms with Crippen LogP contribution in [0.1, 0.15) is 6.42 Å². The summed E-state index contributed by atoms with van der Waals surface area (Å²) in [7, 11) is 1.34. The molecule has 8 heteroatoms. The predicted octanol–water partition coefficient (Wildman–Crippen LogP) is -0.424. The number of methoxy groups -OCH3 is 1. The molecule has 1 aliphatic heterocycles. The van der Waals surface area contributed by atoms with E-state index >= 15 is 0 Å². The third-order valence-electron chi connectivity index (χ3n) is 2.77. The van der Waals surface area contributed by atoms with Crippen LogP contribution in [0.2, 0.25) is 0 Å². The van der Waals surface area contributed by atoms with E-state index in [0.717, 1.165) is 13.0 Å². The third-order valence-corrected chi connectivity index (χ3v) is 2.77. The van der Waals surface area contributed by atoms with Crippen LogP contribution in [0.3, 0.4) is 0 Å². The van der Waals surface area contributed by atoms with E-state index < -0.39 is 6.09 Å². The van der Waals surface area contributed by atoms with Crippen molar-refractivity contribution in [3.63, 3.8) is 0 Å². The second kappa shape index (κ2) is 4.94. The normalized spacial score (nSPS) is 18.7. The van der Waals surface area contributed by atoms with Gasteiger partial charge in [0, 0.05) is 19.2 Å². The van der Waals surface area contributed by atoms with Crippen molar-refractivity contribution in [1.29, 1.82) is 0 Å². The molecule has 18 heavy (non-hydrogen) atoms. The number of hydrogen-bond acceptors (Lipinski definition) is 7. The number of nitrogen functional groups attached to an aromatic ring is 2. The number of aromatic nitrogens is 2. The molecule has 98 valence electrons. The fourth-order valence-electron chi connectivity index (χ4n) is 1.95. The van der Waals surface area contributed by atoms with Gasteiger partial charge in [-0.1, -0.05) is 0 Å². The molecule has 1 fully saturated rings. The molecule has 1 aliphatic rings. The molecule has 0 saturated carbocycles. The molecule has 1 atom stereocenters. The number of amides is 1. The van der Waals surface area contributed by atoms with Crippen molar-refractivity contribution in [2.75, 3.05) is 36.6 Å². The predicted molar refractivity (Wildman–Crippen MR) is 67.0 cm³/mol. The van der Waals surface area contributed by atoms with Gasteiger partial charge in [0.05, 0.1) is 13.2 Å². The summed E-state index contributed by atoms with van der Waals surface area (Å²) in [5, 5.41) is 2.75. The van der Waals surface area contributed by atoms with Crippen molar-refractivity contribution in [3.8, 4) is 0 Å². The molecule has 0 aromatic carbocycles. The molecule has 1 saturated heterocycles. The Balaban J connectivity index is 2.01. The van der Waals surface area contributed by atoms with E-state index in [2.05, 4.69) is 20.0 Å². The van der Waals surface area contributed by atoms with Gasteiger partial charge >= 0.3 is 6.09 Å². The van der Waals surface area contributed by atoms with E-state index in [1.165, 1.54) is 7.11 Å². The SMILES string of the molecule is COC(=O)NC1CCN(c2cc(N)nc(N)n2)C1. The summed E-state index contributed by atoms with van der Waals surface area (Å²) in [6.07, 6.45) is 0.391. The maximum Gasteiger partial charge on any atom is 0.407 e. The summed E-state index contributed by atoms with van der Waals surface area (Å²) in [4.78, 5) is 21.0. The first-order chi connectivity index (χ1) is 8.58. The monoisotopic (exact) mass is 252 g/mol. The van der Waals surface area contributed by atoms with Gasteiger partial charge in [0.2, 0.25) is 5.95 Å². The van der Waals surface area contributed by atoms with Crippen LogP contribution in [0.25, 0.3) is 0 Å². The van der Waals surface area contributed by atoms with Crippen molar-refractivity contribution < 1.29 is 9.53 Å². The molecule has 1 amide bonds. The Labute approximate surface area is 104 Å². The maximum absolute atomic E-state index is 11.1. The lowest BCUT2D eigenvalue weighted by Crippen LogP contribution is -2.37. The fourth-order valence-corrected chi connectivity index (χ4v) is 1.95. The summed E-state index contributed by atoms with van der Waals surface area (Å²) < 4.78 is 4.56. The minimum atomic E-state index is -0.427. The zero-order chi connectivity index (χ0) is 13.1. The van der Waals surface area contributed by atoms with E-state index in [0.29, 0.717) is 18.2 Å². The van der Waals surface area contributed by atoms with Gasteiger partial charge in [-0.05, 0) is 6.42 Å². The maximum atomic E-state index is 11.1. The van der Waals surface area contributed by atoms with Gasteiger partial charge in [-0.2, -0.15) is 9.97 Å². The molecule has 1 aromatic heterocycles. The first-order valence-electron chi connectivity index (χ1n) is 5.58. The van der Waals surface area contributed by atoms with E-state index in [9.17, 15) is 4.79 Å². The number of nitrogens with zero attached hydrogens (tertiary/aromatic N) is 3. The number of nitrogens with two attached hydrogens (primary N) is 2. The van der Waals surface area contributed by atoms with Gasteiger partial charge in [-0.25, -0.2) is 4.79 Å². The second-order valence-electron chi connectivity index (χ2n) is 4.08. The van der Waals surface area contributed by atoms with Gasteiger partial charge in [-0.3, -0.25) is 0 Å². The number of ether oxygens (including phenoxy) is 1. The lowest BCUT2D eigenvalue weighted by molar-refractivity contribution is 0.167. The molecular weight excluding hydrogens is 236 g/mol. The molecular formula is C10H16N6O2. The zero-order valence-electron chi connectivity index (χ0n) is 10.1. The quantitative estimate of drug-likeness (QED) is 0.653. The number of alkyl carbamates (subject to hydrolysis) is 1. The average molecular weight is 252 g/mol. The van der Waals surface area contributed by atoms with Crippen LogP contribution in [-0.2, 0) is 4.74 Å². The minimum absolute atomic E-state index is 0.0369.